The Morgan fingerprint density at radius 1 is 1.33 bits per heavy atom. The summed E-state index contributed by atoms with van der Waals surface area (Å²) in [5, 5.41) is 0. The Labute approximate surface area is 93.6 Å². The van der Waals surface area contributed by atoms with Gasteiger partial charge >= 0.3 is 0 Å². The molecule has 0 aliphatic carbocycles. The third-order valence-corrected chi connectivity index (χ3v) is 4.34. The van der Waals surface area contributed by atoms with Crippen molar-refractivity contribution in [2.24, 2.45) is 11.7 Å². The lowest BCUT2D eigenvalue weighted by molar-refractivity contribution is 0.0248. The van der Waals surface area contributed by atoms with Gasteiger partial charge < -0.3 is 10.6 Å². The summed E-state index contributed by atoms with van der Waals surface area (Å²) in [7, 11) is 2.29. The minimum Gasteiger partial charge on any atom is -0.329 e. The van der Waals surface area contributed by atoms with E-state index in [-0.39, 0.29) is 0 Å². The number of rotatable bonds is 2. The van der Waals surface area contributed by atoms with E-state index in [4.69, 9.17) is 5.73 Å². The Hall–Kier alpha value is -0.120. The van der Waals surface area contributed by atoms with Crippen LogP contribution in [0.25, 0.3) is 0 Å². The third kappa shape index (κ3) is 2.35. The first-order valence-electron chi connectivity index (χ1n) is 6.36. The minimum atomic E-state index is 0.568. The second-order valence-electron chi connectivity index (χ2n) is 5.32. The van der Waals surface area contributed by atoms with Crippen LogP contribution < -0.4 is 5.73 Å². The van der Waals surface area contributed by atoms with Crippen molar-refractivity contribution >= 4 is 0 Å². The fourth-order valence-corrected chi connectivity index (χ4v) is 3.23. The second kappa shape index (κ2) is 4.81. The molecular weight excluding hydrogens is 186 g/mol. The molecule has 0 amide bonds. The van der Waals surface area contributed by atoms with Gasteiger partial charge in [0, 0.05) is 25.2 Å². The van der Waals surface area contributed by atoms with Gasteiger partial charge in [-0.2, -0.15) is 0 Å². The molecule has 0 aromatic carbocycles. The van der Waals surface area contributed by atoms with E-state index in [0.29, 0.717) is 6.04 Å². The molecule has 0 spiro atoms. The van der Waals surface area contributed by atoms with Crippen LogP contribution in [0, 0.1) is 5.92 Å². The van der Waals surface area contributed by atoms with Crippen LogP contribution in [-0.2, 0) is 0 Å². The fourth-order valence-electron chi connectivity index (χ4n) is 3.23. The highest BCUT2D eigenvalue weighted by Gasteiger charge is 2.34. The molecule has 88 valence electrons. The smallest absolute Gasteiger partial charge is 0.0190 e. The second-order valence-corrected chi connectivity index (χ2v) is 5.32. The predicted octanol–water partition coefficient (Wildman–Crippen LogP) is 0.750. The van der Waals surface area contributed by atoms with Crippen molar-refractivity contribution in [1.82, 2.24) is 9.80 Å². The summed E-state index contributed by atoms with van der Waals surface area (Å²) in [4.78, 5) is 5.15. The van der Waals surface area contributed by atoms with E-state index in [2.05, 4.69) is 23.8 Å². The maximum absolute atomic E-state index is 5.75. The van der Waals surface area contributed by atoms with Crippen LogP contribution in [-0.4, -0.2) is 55.1 Å². The molecule has 15 heavy (non-hydrogen) atoms. The molecule has 2 fully saturated rings. The molecule has 2 aliphatic rings. The average Bonchev–Trinajstić information content (AvgIpc) is 2.28. The standard InChI is InChI=1S/C12H25N3/c1-10(8-13)15-7-5-12-11(9-15)4-3-6-14(12)2/h10-12H,3-9,13H2,1-2H3. The van der Waals surface area contributed by atoms with Gasteiger partial charge in [0.25, 0.3) is 0 Å². The van der Waals surface area contributed by atoms with E-state index >= 15 is 0 Å². The van der Waals surface area contributed by atoms with Gasteiger partial charge in [-0.1, -0.05) is 0 Å². The summed E-state index contributed by atoms with van der Waals surface area (Å²) in [6.45, 7) is 6.87. The zero-order chi connectivity index (χ0) is 10.8. The van der Waals surface area contributed by atoms with Crippen LogP contribution in [0.4, 0.5) is 0 Å². The van der Waals surface area contributed by atoms with Crippen molar-refractivity contribution < 1.29 is 0 Å². The number of piperidine rings is 2. The first kappa shape index (κ1) is 11.4. The molecule has 3 heteroatoms. The van der Waals surface area contributed by atoms with Crippen LogP contribution in [0.5, 0.6) is 0 Å². The summed E-state index contributed by atoms with van der Waals surface area (Å²) in [6, 6.07) is 1.41. The Morgan fingerprint density at radius 2 is 2.13 bits per heavy atom. The largest absolute Gasteiger partial charge is 0.329 e. The maximum atomic E-state index is 5.75. The van der Waals surface area contributed by atoms with Gasteiger partial charge in [-0.3, -0.25) is 4.90 Å². The van der Waals surface area contributed by atoms with Crippen molar-refractivity contribution in [3.63, 3.8) is 0 Å². The Morgan fingerprint density at radius 3 is 2.87 bits per heavy atom. The molecule has 2 heterocycles. The molecule has 3 unspecified atom stereocenters. The summed E-state index contributed by atoms with van der Waals surface area (Å²) < 4.78 is 0. The van der Waals surface area contributed by atoms with E-state index in [0.717, 1.165) is 18.5 Å². The van der Waals surface area contributed by atoms with E-state index < -0.39 is 0 Å². The van der Waals surface area contributed by atoms with Gasteiger partial charge in [-0.25, -0.2) is 0 Å². The number of likely N-dealkylation sites (tertiary alicyclic amines) is 2. The van der Waals surface area contributed by atoms with Gasteiger partial charge in [0.1, 0.15) is 0 Å². The highest BCUT2D eigenvalue weighted by Crippen LogP contribution is 2.30. The van der Waals surface area contributed by atoms with Gasteiger partial charge in [0.05, 0.1) is 0 Å². The molecule has 0 bridgehead atoms. The van der Waals surface area contributed by atoms with Gasteiger partial charge in [0.2, 0.25) is 0 Å². The SMILES string of the molecule is CC(CN)N1CCC2C(CCCN2C)C1. The average molecular weight is 211 g/mol. The zero-order valence-corrected chi connectivity index (χ0v) is 10.2. The van der Waals surface area contributed by atoms with Crippen LogP contribution in [0.1, 0.15) is 26.2 Å². The molecule has 0 radical (unpaired) electrons. The van der Waals surface area contributed by atoms with Crippen LogP contribution in [0.2, 0.25) is 0 Å². The number of hydrogen-bond acceptors (Lipinski definition) is 3. The number of nitrogens with two attached hydrogens (primary N) is 1. The quantitative estimate of drug-likeness (QED) is 0.731. The topological polar surface area (TPSA) is 32.5 Å². The molecule has 0 aromatic rings. The summed E-state index contributed by atoms with van der Waals surface area (Å²) in [6.07, 6.45) is 4.14. The molecule has 2 saturated heterocycles. The first-order chi connectivity index (χ1) is 7.22. The molecule has 0 saturated carbocycles. The number of fused-ring (bicyclic) bond motifs is 1. The number of nitrogens with zero attached hydrogens (tertiary/aromatic N) is 2. The van der Waals surface area contributed by atoms with Crippen LogP contribution >= 0.6 is 0 Å². The predicted molar refractivity (Wildman–Crippen MR) is 63.8 cm³/mol. The molecule has 2 rings (SSSR count). The van der Waals surface area contributed by atoms with Crippen LogP contribution in [0.3, 0.4) is 0 Å². The third-order valence-electron chi connectivity index (χ3n) is 4.34. The zero-order valence-electron chi connectivity index (χ0n) is 10.2. The molecule has 2 N–H and O–H groups in total. The van der Waals surface area contributed by atoms with E-state index in [1.807, 2.05) is 0 Å². The Balaban J connectivity index is 1.93. The molecular formula is C12H25N3. The van der Waals surface area contributed by atoms with Crippen molar-refractivity contribution in [3.05, 3.63) is 0 Å². The molecule has 3 nitrogen and oxygen atoms in total. The highest BCUT2D eigenvalue weighted by atomic mass is 15.2. The van der Waals surface area contributed by atoms with E-state index in [1.54, 1.807) is 0 Å². The van der Waals surface area contributed by atoms with Gasteiger partial charge in [0.15, 0.2) is 0 Å². The molecule has 2 aliphatic heterocycles. The fraction of sp³-hybridized carbons (Fsp3) is 1.00. The highest BCUT2D eigenvalue weighted by molar-refractivity contribution is 4.90. The Bertz CT molecular complexity index is 207. The maximum Gasteiger partial charge on any atom is 0.0190 e. The lowest BCUT2D eigenvalue weighted by atomic mass is 9.84. The van der Waals surface area contributed by atoms with Crippen molar-refractivity contribution in [2.45, 2.75) is 38.3 Å². The van der Waals surface area contributed by atoms with E-state index in [9.17, 15) is 0 Å². The monoisotopic (exact) mass is 211 g/mol. The lowest BCUT2D eigenvalue weighted by Crippen LogP contribution is -2.55. The summed E-state index contributed by atoms with van der Waals surface area (Å²) in [5.74, 6) is 0.895. The summed E-state index contributed by atoms with van der Waals surface area (Å²) >= 11 is 0. The first-order valence-corrected chi connectivity index (χ1v) is 6.36. The van der Waals surface area contributed by atoms with Crippen molar-refractivity contribution in [3.8, 4) is 0 Å². The molecule has 3 atom stereocenters. The molecule has 0 aromatic heterocycles. The van der Waals surface area contributed by atoms with Crippen molar-refractivity contribution in [2.75, 3.05) is 33.2 Å². The minimum absolute atomic E-state index is 0.568. The van der Waals surface area contributed by atoms with Crippen LogP contribution in [0.15, 0.2) is 0 Å². The Kier molecular flexibility index (Phi) is 3.65. The summed E-state index contributed by atoms with van der Waals surface area (Å²) in [5.41, 5.74) is 5.75. The lowest BCUT2D eigenvalue weighted by Gasteiger charge is -2.47. The van der Waals surface area contributed by atoms with Gasteiger partial charge in [-0.05, 0) is 52.2 Å². The van der Waals surface area contributed by atoms with Crippen molar-refractivity contribution in [1.29, 1.82) is 0 Å². The van der Waals surface area contributed by atoms with E-state index in [1.165, 1.54) is 38.9 Å². The number of hydrogen-bond donors (Lipinski definition) is 1. The van der Waals surface area contributed by atoms with Gasteiger partial charge in [-0.15, -0.1) is 0 Å². The normalized spacial score (nSPS) is 36.2.